The Hall–Kier alpha value is -1.96. The Kier molecular flexibility index (Phi) is 5.90. The molecule has 1 aromatic carbocycles. The fraction of sp³-hybridized carbons (Fsp3) is 0.263. The molecule has 0 aliphatic rings. The number of ether oxygens (including phenoxy) is 1. The lowest BCUT2D eigenvalue weighted by atomic mass is 10.1. The second-order valence-electron chi connectivity index (χ2n) is 5.93. The van der Waals surface area contributed by atoms with Gasteiger partial charge in [-0.05, 0) is 24.6 Å². The quantitative estimate of drug-likeness (QED) is 0.337. The Balaban J connectivity index is 2.15. The minimum Gasteiger partial charge on any atom is -0.383 e. The van der Waals surface area contributed by atoms with Crippen LogP contribution in [0.1, 0.15) is 6.92 Å². The van der Waals surface area contributed by atoms with E-state index in [1.165, 1.54) is 35.2 Å². The van der Waals surface area contributed by atoms with Crippen LogP contribution in [0.15, 0.2) is 51.7 Å². The van der Waals surface area contributed by atoms with Crippen molar-refractivity contribution in [2.24, 2.45) is 0 Å². The van der Waals surface area contributed by atoms with Crippen molar-refractivity contribution in [2.75, 3.05) is 19.5 Å². The van der Waals surface area contributed by atoms with E-state index in [-0.39, 0.29) is 11.4 Å². The van der Waals surface area contributed by atoms with Crippen LogP contribution < -0.4 is 5.56 Å². The monoisotopic (exact) mass is 390 g/mol. The van der Waals surface area contributed by atoms with Gasteiger partial charge in [0.1, 0.15) is 10.6 Å². The standard InChI is InChI=1S/C19H19FN2O2S2/c1-12(2)10-26-19-21-17-16(18(23)22(19)8-9-24-3)15(11-25-17)13-4-6-14(20)7-5-13/h4-7,11H,1,8-10H2,2-3H3. The van der Waals surface area contributed by atoms with Crippen LogP contribution in [0.4, 0.5) is 4.39 Å². The van der Waals surface area contributed by atoms with Gasteiger partial charge in [-0.3, -0.25) is 9.36 Å². The zero-order chi connectivity index (χ0) is 18.7. The summed E-state index contributed by atoms with van der Waals surface area (Å²) >= 11 is 2.92. The van der Waals surface area contributed by atoms with E-state index < -0.39 is 0 Å². The normalized spacial score (nSPS) is 11.2. The zero-order valence-corrected chi connectivity index (χ0v) is 16.3. The highest BCUT2D eigenvalue weighted by atomic mass is 32.2. The molecule has 26 heavy (non-hydrogen) atoms. The summed E-state index contributed by atoms with van der Waals surface area (Å²) in [7, 11) is 1.60. The number of aromatic nitrogens is 2. The van der Waals surface area contributed by atoms with Crippen molar-refractivity contribution in [3.63, 3.8) is 0 Å². The molecular weight excluding hydrogens is 371 g/mol. The molecule has 0 spiro atoms. The fourth-order valence-corrected chi connectivity index (χ4v) is 4.38. The largest absolute Gasteiger partial charge is 0.383 e. The number of thiophene rings is 1. The second-order valence-corrected chi connectivity index (χ2v) is 7.73. The van der Waals surface area contributed by atoms with Crippen LogP contribution in [0, 0.1) is 5.82 Å². The molecule has 0 aliphatic heterocycles. The third kappa shape index (κ3) is 3.90. The predicted octanol–water partition coefficient (Wildman–Crippen LogP) is 4.58. The molecule has 0 amide bonds. The lowest BCUT2D eigenvalue weighted by Gasteiger charge is -2.12. The van der Waals surface area contributed by atoms with E-state index in [0.29, 0.717) is 34.3 Å². The predicted molar refractivity (Wildman–Crippen MR) is 107 cm³/mol. The highest BCUT2D eigenvalue weighted by molar-refractivity contribution is 7.99. The van der Waals surface area contributed by atoms with Crippen LogP contribution >= 0.6 is 23.1 Å². The van der Waals surface area contributed by atoms with Crippen molar-refractivity contribution in [3.05, 3.63) is 58.0 Å². The molecule has 4 nitrogen and oxygen atoms in total. The first kappa shape index (κ1) is 18.8. The van der Waals surface area contributed by atoms with Crippen LogP contribution in [0.3, 0.4) is 0 Å². The van der Waals surface area contributed by atoms with Gasteiger partial charge in [-0.25, -0.2) is 9.37 Å². The van der Waals surface area contributed by atoms with Gasteiger partial charge < -0.3 is 4.74 Å². The summed E-state index contributed by atoms with van der Waals surface area (Å²) in [6.45, 7) is 6.70. The van der Waals surface area contributed by atoms with E-state index in [2.05, 4.69) is 6.58 Å². The Labute approximate surface area is 159 Å². The number of halogens is 1. The van der Waals surface area contributed by atoms with Gasteiger partial charge in [0.25, 0.3) is 5.56 Å². The summed E-state index contributed by atoms with van der Waals surface area (Å²) in [6.07, 6.45) is 0. The van der Waals surface area contributed by atoms with Crippen LogP contribution in [0.25, 0.3) is 21.3 Å². The van der Waals surface area contributed by atoms with Crippen LogP contribution in [0.5, 0.6) is 0 Å². The zero-order valence-electron chi connectivity index (χ0n) is 14.6. The van der Waals surface area contributed by atoms with Crippen molar-refractivity contribution in [1.29, 1.82) is 0 Å². The minimum absolute atomic E-state index is 0.100. The fourth-order valence-electron chi connectivity index (χ4n) is 2.53. The molecule has 2 aromatic heterocycles. The highest BCUT2D eigenvalue weighted by Crippen LogP contribution is 2.32. The molecule has 0 radical (unpaired) electrons. The maximum Gasteiger partial charge on any atom is 0.263 e. The number of fused-ring (bicyclic) bond motifs is 1. The van der Waals surface area contributed by atoms with Crippen LogP contribution in [-0.4, -0.2) is 29.0 Å². The van der Waals surface area contributed by atoms with Gasteiger partial charge in [-0.2, -0.15) is 0 Å². The number of methoxy groups -OCH3 is 1. The van der Waals surface area contributed by atoms with Crippen molar-refractivity contribution in [1.82, 2.24) is 9.55 Å². The maximum atomic E-state index is 13.2. The van der Waals surface area contributed by atoms with E-state index in [4.69, 9.17) is 9.72 Å². The van der Waals surface area contributed by atoms with Crippen molar-refractivity contribution in [3.8, 4) is 11.1 Å². The van der Waals surface area contributed by atoms with Crippen LogP contribution in [0.2, 0.25) is 0 Å². The number of nitrogens with zero attached hydrogens (tertiary/aromatic N) is 2. The molecule has 0 aliphatic carbocycles. The minimum atomic E-state index is -0.303. The molecule has 0 saturated heterocycles. The van der Waals surface area contributed by atoms with Gasteiger partial charge >= 0.3 is 0 Å². The molecule has 0 unspecified atom stereocenters. The number of hydrogen-bond donors (Lipinski definition) is 0. The third-order valence-corrected chi connectivity index (χ3v) is 5.86. The molecule has 2 heterocycles. The summed E-state index contributed by atoms with van der Waals surface area (Å²) < 4.78 is 20.0. The number of hydrogen-bond acceptors (Lipinski definition) is 5. The molecule has 136 valence electrons. The lowest BCUT2D eigenvalue weighted by Crippen LogP contribution is -2.25. The SMILES string of the molecule is C=C(C)CSc1nc2scc(-c3ccc(F)cc3)c2c(=O)n1CCOC. The molecule has 0 atom stereocenters. The molecule has 0 saturated carbocycles. The molecule has 3 rings (SSSR count). The van der Waals surface area contributed by atoms with E-state index in [0.717, 1.165) is 16.7 Å². The lowest BCUT2D eigenvalue weighted by molar-refractivity contribution is 0.183. The Bertz CT molecular complexity index is 993. The summed E-state index contributed by atoms with van der Waals surface area (Å²) in [5.41, 5.74) is 2.50. The Morgan fingerprint density at radius 1 is 1.38 bits per heavy atom. The average Bonchev–Trinajstić information content (AvgIpc) is 3.04. The molecule has 0 N–H and O–H groups in total. The molecule has 3 aromatic rings. The first-order valence-corrected chi connectivity index (χ1v) is 9.92. The average molecular weight is 391 g/mol. The van der Waals surface area contributed by atoms with Crippen LogP contribution in [-0.2, 0) is 11.3 Å². The van der Waals surface area contributed by atoms with Crippen molar-refractivity contribution in [2.45, 2.75) is 18.6 Å². The summed E-state index contributed by atoms with van der Waals surface area (Å²) in [5.74, 6) is 0.392. The van der Waals surface area contributed by atoms with Gasteiger partial charge in [0.05, 0.1) is 18.5 Å². The highest BCUT2D eigenvalue weighted by Gasteiger charge is 2.17. The van der Waals surface area contributed by atoms with E-state index in [9.17, 15) is 9.18 Å². The first-order valence-electron chi connectivity index (χ1n) is 8.05. The number of benzene rings is 1. The van der Waals surface area contributed by atoms with E-state index in [1.54, 1.807) is 23.8 Å². The van der Waals surface area contributed by atoms with Gasteiger partial charge in [0, 0.05) is 23.8 Å². The smallest absolute Gasteiger partial charge is 0.263 e. The van der Waals surface area contributed by atoms with Crippen molar-refractivity contribution < 1.29 is 9.13 Å². The topological polar surface area (TPSA) is 44.1 Å². The van der Waals surface area contributed by atoms with Gasteiger partial charge in [-0.1, -0.05) is 36.0 Å². The van der Waals surface area contributed by atoms with E-state index in [1.807, 2.05) is 12.3 Å². The summed E-state index contributed by atoms with van der Waals surface area (Å²) in [5, 5.41) is 3.13. The second kappa shape index (κ2) is 8.16. The number of rotatable bonds is 7. The third-order valence-electron chi connectivity index (χ3n) is 3.78. The molecule has 0 bridgehead atoms. The number of thioether (sulfide) groups is 1. The molecule has 7 heteroatoms. The maximum absolute atomic E-state index is 13.2. The van der Waals surface area contributed by atoms with Gasteiger partial charge in [0.2, 0.25) is 0 Å². The summed E-state index contributed by atoms with van der Waals surface area (Å²) in [6, 6.07) is 6.15. The van der Waals surface area contributed by atoms with E-state index >= 15 is 0 Å². The van der Waals surface area contributed by atoms with Gasteiger partial charge in [0.15, 0.2) is 5.16 Å². The Morgan fingerprint density at radius 2 is 2.12 bits per heavy atom. The Morgan fingerprint density at radius 3 is 2.77 bits per heavy atom. The summed E-state index contributed by atoms with van der Waals surface area (Å²) in [4.78, 5) is 18.6. The first-order chi connectivity index (χ1) is 12.5. The molecular formula is C19H19FN2O2S2. The molecule has 0 fully saturated rings. The van der Waals surface area contributed by atoms with Gasteiger partial charge in [-0.15, -0.1) is 11.3 Å². The van der Waals surface area contributed by atoms with Crippen molar-refractivity contribution >= 4 is 33.3 Å².